The number of nitrogens with zero attached hydrogens (tertiary/aromatic N) is 4. The van der Waals surface area contributed by atoms with Gasteiger partial charge in [-0.2, -0.15) is 0 Å². The van der Waals surface area contributed by atoms with E-state index in [9.17, 15) is 4.79 Å². The number of nitrogens with two attached hydrogens (primary N) is 2. The smallest absolute Gasteiger partial charge is 0.274 e. The molecule has 5 N–H and O–H groups in total. The van der Waals surface area contributed by atoms with Gasteiger partial charge in [-0.1, -0.05) is 50.0 Å². The maximum atomic E-state index is 13.2. The van der Waals surface area contributed by atoms with Crippen LogP contribution in [0.4, 0.5) is 17.3 Å². The van der Waals surface area contributed by atoms with E-state index >= 15 is 0 Å². The van der Waals surface area contributed by atoms with Crippen molar-refractivity contribution < 1.29 is 9.53 Å². The zero-order chi connectivity index (χ0) is 21.7. The minimum absolute atomic E-state index is 0.0922. The minimum Gasteiger partial charge on any atom is -0.382 e. The Balaban J connectivity index is 1.89. The van der Waals surface area contributed by atoms with Gasteiger partial charge in [0.15, 0.2) is 11.6 Å². The second-order valence-corrected chi connectivity index (χ2v) is 13.7. The van der Waals surface area contributed by atoms with E-state index in [4.69, 9.17) is 16.2 Å². The van der Waals surface area contributed by atoms with Gasteiger partial charge in [0.2, 0.25) is 0 Å². The lowest BCUT2D eigenvalue weighted by molar-refractivity contribution is 0.0814. The number of benzene rings is 1. The third-order valence-corrected chi connectivity index (χ3v) is 6.18. The molecule has 0 saturated carbocycles. The first-order valence-corrected chi connectivity index (χ1v) is 13.3. The van der Waals surface area contributed by atoms with Crippen LogP contribution < -0.4 is 16.8 Å². The molecule has 0 aliphatic heterocycles. The summed E-state index contributed by atoms with van der Waals surface area (Å²) in [7, 11) is -1.21. The van der Waals surface area contributed by atoms with Crippen LogP contribution in [0.3, 0.4) is 0 Å². The number of nitrogens with one attached hydrogen (secondary N) is 1. The van der Waals surface area contributed by atoms with Crippen LogP contribution in [-0.2, 0) is 11.5 Å². The first-order valence-electron chi connectivity index (χ1n) is 9.62. The van der Waals surface area contributed by atoms with Gasteiger partial charge in [-0.05, 0) is 6.04 Å². The Kier molecular flexibility index (Phi) is 6.48. The number of hydrogen-bond acceptors (Lipinski definition) is 7. The molecule has 3 rings (SSSR count). The van der Waals surface area contributed by atoms with Crippen molar-refractivity contribution in [1.82, 2.24) is 19.5 Å². The Morgan fingerprint density at radius 1 is 1.10 bits per heavy atom. The molecule has 0 spiro atoms. The molecule has 0 bridgehead atoms. The van der Waals surface area contributed by atoms with E-state index < -0.39 is 14.0 Å². The molecule has 0 radical (unpaired) electrons. The largest absolute Gasteiger partial charge is 0.382 e. The highest BCUT2D eigenvalue weighted by Gasteiger charge is 2.22. The van der Waals surface area contributed by atoms with Gasteiger partial charge in [-0.25, -0.2) is 15.0 Å². The van der Waals surface area contributed by atoms with Crippen LogP contribution in [0.25, 0.3) is 11.3 Å². The lowest BCUT2D eigenvalue weighted by Crippen LogP contribution is -2.23. The minimum atomic E-state index is -1.21. The van der Waals surface area contributed by atoms with Crippen molar-refractivity contribution in [2.75, 3.05) is 23.4 Å². The molecule has 0 aliphatic rings. The molecule has 1 amide bonds. The van der Waals surface area contributed by atoms with E-state index in [0.717, 1.165) is 11.6 Å². The predicted molar refractivity (Wildman–Crippen MR) is 121 cm³/mol. The second kappa shape index (κ2) is 9.05. The van der Waals surface area contributed by atoms with Crippen molar-refractivity contribution in [3.63, 3.8) is 0 Å². The van der Waals surface area contributed by atoms with Gasteiger partial charge >= 0.3 is 0 Å². The summed E-state index contributed by atoms with van der Waals surface area (Å²) in [6.45, 7) is 7.70. The monoisotopic (exact) mass is 425 g/mol. The maximum absolute atomic E-state index is 13.2. The van der Waals surface area contributed by atoms with E-state index in [-0.39, 0.29) is 24.1 Å². The summed E-state index contributed by atoms with van der Waals surface area (Å²) in [6, 6.07) is 10.5. The molecule has 0 fully saturated rings. The topological polar surface area (TPSA) is 134 Å². The molecule has 1 aromatic carbocycles. The molecule has 10 heteroatoms. The molecule has 30 heavy (non-hydrogen) atoms. The number of carbonyl (C=O) groups is 1. The summed E-state index contributed by atoms with van der Waals surface area (Å²) in [6.07, 6.45) is 2.84. The van der Waals surface area contributed by atoms with Crippen molar-refractivity contribution in [2.45, 2.75) is 32.4 Å². The summed E-state index contributed by atoms with van der Waals surface area (Å²) >= 11 is 0. The number of nitrogen functional groups attached to an aromatic ring is 2. The van der Waals surface area contributed by atoms with Crippen LogP contribution in [0.15, 0.2) is 43.0 Å². The van der Waals surface area contributed by atoms with Crippen LogP contribution in [0.1, 0.15) is 10.5 Å². The van der Waals surface area contributed by atoms with E-state index in [1.165, 1.54) is 6.33 Å². The summed E-state index contributed by atoms with van der Waals surface area (Å²) in [5.41, 5.74) is 13.6. The number of aromatic nitrogens is 4. The van der Waals surface area contributed by atoms with Crippen molar-refractivity contribution in [2.24, 2.45) is 0 Å². The lowest BCUT2D eigenvalue weighted by atomic mass is 10.1. The third-order valence-electron chi connectivity index (χ3n) is 4.47. The molecular formula is C20H27N7O2Si. The predicted octanol–water partition coefficient (Wildman–Crippen LogP) is 3.07. The highest BCUT2D eigenvalue weighted by molar-refractivity contribution is 6.76. The average molecular weight is 426 g/mol. The average Bonchev–Trinajstić information content (AvgIpc) is 3.12. The van der Waals surface area contributed by atoms with E-state index in [0.29, 0.717) is 18.0 Å². The SMILES string of the molecule is C[Si](C)(C)CCOCn1cnc(-c2ccccc2)c1C(=O)Nc1c(N)ncnc1N. The molecule has 2 aromatic heterocycles. The zero-order valence-electron chi connectivity index (χ0n) is 17.4. The number of ether oxygens (including phenoxy) is 1. The third kappa shape index (κ3) is 5.22. The molecule has 158 valence electrons. The van der Waals surface area contributed by atoms with Crippen LogP contribution in [0, 0.1) is 0 Å². The summed E-state index contributed by atoms with van der Waals surface area (Å²) in [5.74, 6) is -0.238. The normalized spacial score (nSPS) is 11.4. The molecule has 3 aromatic rings. The molecule has 0 aliphatic carbocycles. The number of hydrogen-bond donors (Lipinski definition) is 3. The van der Waals surface area contributed by atoms with Gasteiger partial charge in [0.1, 0.15) is 30.1 Å². The van der Waals surface area contributed by atoms with E-state index in [2.05, 4.69) is 39.9 Å². The highest BCUT2D eigenvalue weighted by atomic mass is 28.3. The Morgan fingerprint density at radius 3 is 2.40 bits per heavy atom. The Bertz CT molecular complexity index is 995. The quantitative estimate of drug-likeness (QED) is 0.373. The van der Waals surface area contributed by atoms with Crippen molar-refractivity contribution in [3.8, 4) is 11.3 Å². The van der Waals surface area contributed by atoms with Gasteiger partial charge in [0.05, 0.1) is 6.33 Å². The van der Waals surface area contributed by atoms with Crippen molar-refractivity contribution >= 4 is 31.3 Å². The van der Waals surface area contributed by atoms with Gasteiger partial charge in [-0.3, -0.25) is 4.79 Å². The second-order valence-electron chi connectivity index (χ2n) is 8.10. The van der Waals surface area contributed by atoms with Crippen LogP contribution in [0.5, 0.6) is 0 Å². The standard InChI is InChI=1S/C20H27N7O2Si/c1-30(2,3)10-9-29-13-27-12-25-15(14-7-5-4-6-8-14)17(27)20(28)26-16-18(21)23-11-24-19(16)22/h4-8,11-12H,9-10,13H2,1-3H3,(H,26,28)(H4,21,22,23,24). The summed E-state index contributed by atoms with van der Waals surface area (Å²) in [5, 5.41) is 2.72. The maximum Gasteiger partial charge on any atom is 0.274 e. The van der Waals surface area contributed by atoms with Gasteiger partial charge in [-0.15, -0.1) is 0 Å². The molecule has 2 heterocycles. The number of carbonyl (C=O) groups excluding carboxylic acids is 1. The first kappa shape index (κ1) is 21.5. The Morgan fingerprint density at radius 2 is 1.77 bits per heavy atom. The molecular weight excluding hydrogens is 398 g/mol. The lowest BCUT2D eigenvalue weighted by Gasteiger charge is -2.16. The Labute approximate surface area is 176 Å². The molecule has 0 unspecified atom stereocenters. The number of imidazole rings is 1. The highest BCUT2D eigenvalue weighted by Crippen LogP contribution is 2.26. The van der Waals surface area contributed by atoms with Gasteiger partial charge in [0.25, 0.3) is 5.91 Å². The van der Waals surface area contributed by atoms with Gasteiger partial charge < -0.3 is 26.1 Å². The van der Waals surface area contributed by atoms with Crippen molar-refractivity contribution in [1.29, 1.82) is 0 Å². The van der Waals surface area contributed by atoms with Crippen LogP contribution >= 0.6 is 0 Å². The summed E-state index contributed by atoms with van der Waals surface area (Å²) in [4.78, 5) is 25.4. The fraction of sp³-hybridized carbons (Fsp3) is 0.300. The first-order chi connectivity index (χ1) is 14.3. The number of anilines is 3. The fourth-order valence-corrected chi connectivity index (χ4v) is 3.54. The zero-order valence-corrected chi connectivity index (χ0v) is 18.4. The number of amides is 1. The van der Waals surface area contributed by atoms with E-state index in [1.807, 2.05) is 30.3 Å². The molecule has 0 atom stereocenters. The van der Waals surface area contributed by atoms with E-state index in [1.54, 1.807) is 10.9 Å². The molecule has 0 saturated heterocycles. The van der Waals surface area contributed by atoms with Gasteiger partial charge in [0, 0.05) is 20.2 Å². The molecule has 9 nitrogen and oxygen atoms in total. The Hall–Kier alpha value is -3.24. The number of rotatable bonds is 8. The van der Waals surface area contributed by atoms with Crippen LogP contribution in [0.2, 0.25) is 25.7 Å². The summed E-state index contributed by atoms with van der Waals surface area (Å²) < 4.78 is 7.52. The fourth-order valence-electron chi connectivity index (χ4n) is 2.78. The van der Waals surface area contributed by atoms with Crippen molar-refractivity contribution in [3.05, 3.63) is 48.7 Å². The van der Waals surface area contributed by atoms with Crippen LogP contribution in [-0.4, -0.2) is 40.1 Å².